The Labute approximate surface area is 97.4 Å². The van der Waals surface area contributed by atoms with Gasteiger partial charge in [-0.25, -0.2) is 0 Å². The lowest BCUT2D eigenvalue weighted by Gasteiger charge is -2.11. The molecule has 0 fully saturated rings. The molecule has 0 aliphatic heterocycles. The quantitative estimate of drug-likeness (QED) is 0.588. The monoisotopic (exact) mass is 242 g/mol. The molecule has 0 bridgehead atoms. The number of hydrogen-bond donors (Lipinski definition) is 2. The Hall–Kier alpha value is -2.12. The van der Waals surface area contributed by atoms with Crippen molar-refractivity contribution in [3.63, 3.8) is 0 Å². The van der Waals surface area contributed by atoms with E-state index in [-0.39, 0.29) is 11.6 Å². The van der Waals surface area contributed by atoms with Crippen molar-refractivity contribution < 1.29 is 14.8 Å². The number of imidazole rings is 1. The molecule has 0 amide bonds. The van der Waals surface area contributed by atoms with Gasteiger partial charge < -0.3 is 20.5 Å². The Balaban J connectivity index is 3.18. The summed E-state index contributed by atoms with van der Waals surface area (Å²) >= 11 is 0. The van der Waals surface area contributed by atoms with Gasteiger partial charge in [-0.2, -0.15) is 0 Å². The summed E-state index contributed by atoms with van der Waals surface area (Å²) in [6.45, 7) is 5.32. The van der Waals surface area contributed by atoms with E-state index in [9.17, 15) is 14.9 Å². The molecule has 0 aliphatic rings. The molecule has 1 aromatic rings. The number of nitrogens with zero attached hydrogens (tertiary/aromatic N) is 3. The second kappa shape index (κ2) is 4.81. The van der Waals surface area contributed by atoms with Gasteiger partial charge in [-0.05, 0) is 23.8 Å². The molecule has 94 valence electrons. The van der Waals surface area contributed by atoms with Crippen LogP contribution in [-0.4, -0.2) is 31.6 Å². The molecule has 0 radical (unpaired) electrons. The van der Waals surface area contributed by atoms with Gasteiger partial charge in [0.05, 0.1) is 0 Å². The molecule has 17 heavy (non-hydrogen) atoms. The van der Waals surface area contributed by atoms with Crippen LogP contribution in [0.4, 0.5) is 11.6 Å². The van der Waals surface area contributed by atoms with E-state index < -0.39 is 16.9 Å². The van der Waals surface area contributed by atoms with Gasteiger partial charge in [0.1, 0.15) is 6.04 Å². The van der Waals surface area contributed by atoms with Gasteiger partial charge in [0.15, 0.2) is 0 Å². The Kier molecular flexibility index (Phi) is 3.66. The third-order valence-corrected chi connectivity index (χ3v) is 2.35. The number of aryl methyl sites for hydroxylation is 1. The lowest BCUT2D eigenvalue weighted by molar-refractivity contribution is -0.388. The van der Waals surface area contributed by atoms with Crippen molar-refractivity contribution >= 4 is 17.6 Å². The number of carbonyl (C=O) groups is 1. The van der Waals surface area contributed by atoms with E-state index in [2.05, 4.69) is 10.3 Å². The first-order valence-electron chi connectivity index (χ1n) is 5.09. The highest BCUT2D eigenvalue weighted by Gasteiger charge is 2.27. The summed E-state index contributed by atoms with van der Waals surface area (Å²) in [5.41, 5.74) is 0. The highest BCUT2D eigenvalue weighted by molar-refractivity contribution is 5.77. The van der Waals surface area contributed by atoms with E-state index in [0.29, 0.717) is 12.4 Å². The first kappa shape index (κ1) is 12.9. The predicted octanol–water partition coefficient (Wildman–Crippen LogP) is 1.00. The molecule has 0 unspecified atom stereocenters. The van der Waals surface area contributed by atoms with E-state index >= 15 is 0 Å². The van der Waals surface area contributed by atoms with Crippen molar-refractivity contribution in [2.75, 3.05) is 5.32 Å². The lowest BCUT2D eigenvalue weighted by Crippen LogP contribution is -2.27. The van der Waals surface area contributed by atoms with Crippen LogP contribution in [0.3, 0.4) is 0 Å². The molecule has 1 atom stereocenters. The van der Waals surface area contributed by atoms with Crippen molar-refractivity contribution in [2.24, 2.45) is 0 Å². The van der Waals surface area contributed by atoms with Crippen LogP contribution >= 0.6 is 0 Å². The Morgan fingerprint density at radius 1 is 1.71 bits per heavy atom. The van der Waals surface area contributed by atoms with Gasteiger partial charge in [-0.15, -0.1) is 0 Å². The van der Waals surface area contributed by atoms with Gasteiger partial charge in [0.25, 0.3) is 0 Å². The number of carboxylic acids is 1. The van der Waals surface area contributed by atoms with E-state index in [4.69, 9.17) is 5.11 Å². The van der Waals surface area contributed by atoms with Gasteiger partial charge >= 0.3 is 11.8 Å². The van der Waals surface area contributed by atoms with Crippen LogP contribution in [0.25, 0.3) is 0 Å². The molecule has 8 nitrogen and oxygen atoms in total. The number of hydrogen-bond acceptors (Lipinski definition) is 5. The van der Waals surface area contributed by atoms with E-state index in [0.717, 1.165) is 0 Å². The highest BCUT2D eigenvalue weighted by Crippen LogP contribution is 2.25. The fraction of sp³-hybridized carbons (Fsp3) is 0.556. The highest BCUT2D eigenvalue weighted by atomic mass is 16.6. The Morgan fingerprint density at radius 2 is 2.29 bits per heavy atom. The molecule has 1 aromatic heterocycles. The minimum Gasteiger partial charge on any atom is -0.480 e. The summed E-state index contributed by atoms with van der Waals surface area (Å²) in [7, 11) is 0. The maximum atomic E-state index is 10.8. The van der Waals surface area contributed by atoms with Crippen molar-refractivity contribution in [3.05, 3.63) is 15.9 Å². The summed E-state index contributed by atoms with van der Waals surface area (Å²) in [5, 5.41) is 22.2. The number of anilines is 1. The third-order valence-electron chi connectivity index (χ3n) is 2.35. The van der Waals surface area contributed by atoms with Crippen LogP contribution in [-0.2, 0) is 11.3 Å². The molecule has 1 rings (SSSR count). The molecule has 0 aromatic carbocycles. The average molecular weight is 242 g/mol. The molecular weight excluding hydrogens is 228 g/mol. The van der Waals surface area contributed by atoms with Gasteiger partial charge in [0, 0.05) is 13.5 Å². The normalized spacial score (nSPS) is 12.2. The second-order valence-electron chi connectivity index (χ2n) is 3.54. The Morgan fingerprint density at radius 3 is 2.71 bits per heavy atom. The molecule has 0 spiro atoms. The number of nitrogens with one attached hydrogen (secondary N) is 1. The summed E-state index contributed by atoms with van der Waals surface area (Å²) in [6, 6.07) is -0.921. The second-order valence-corrected chi connectivity index (χ2v) is 3.54. The number of aliphatic carboxylic acids is 1. The zero-order valence-electron chi connectivity index (χ0n) is 9.80. The first-order valence-corrected chi connectivity index (χ1v) is 5.09. The van der Waals surface area contributed by atoms with Crippen molar-refractivity contribution in [3.8, 4) is 0 Å². The molecule has 0 aliphatic carbocycles. The largest absolute Gasteiger partial charge is 0.480 e. The Bertz CT molecular complexity index is 454. The van der Waals surface area contributed by atoms with E-state index in [1.807, 2.05) is 0 Å². The summed E-state index contributed by atoms with van der Waals surface area (Å²) in [6.07, 6.45) is 0. The van der Waals surface area contributed by atoms with Crippen LogP contribution in [0.15, 0.2) is 0 Å². The van der Waals surface area contributed by atoms with Gasteiger partial charge in [0.2, 0.25) is 11.6 Å². The fourth-order valence-corrected chi connectivity index (χ4v) is 1.47. The number of rotatable bonds is 5. The SMILES string of the molecule is CCn1c(C)nc([N+](=O)[O-])c1N[C@@H](C)C(=O)O. The topological polar surface area (TPSA) is 110 Å². The van der Waals surface area contributed by atoms with E-state index in [1.165, 1.54) is 6.92 Å². The van der Waals surface area contributed by atoms with E-state index in [1.54, 1.807) is 18.4 Å². The zero-order valence-corrected chi connectivity index (χ0v) is 9.80. The fourth-order valence-electron chi connectivity index (χ4n) is 1.47. The smallest absolute Gasteiger partial charge is 0.406 e. The maximum Gasteiger partial charge on any atom is 0.406 e. The number of carboxylic acid groups (broad SMARTS) is 1. The average Bonchev–Trinajstić information content (AvgIpc) is 2.54. The van der Waals surface area contributed by atoms with Gasteiger partial charge in [-0.1, -0.05) is 0 Å². The zero-order chi connectivity index (χ0) is 13.2. The van der Waals surface area contributed by atoms with Crippen LogP contribution < -0.4 is 5.32 Å². The maximum absolute atomic E-state index is 10.8. The van der Waals surface area contributed by atoms with Gasteiger partial charge in [-0.3, -0.25) is 9.36 Å². The predicted molar refractivity (Wildman–Crippen MR) is 60.0 cm³/mol. The van der Waals surface area contributed by atoms with Crippen LogP contribution in [0.2, 0.25) is 0 Å². The number of aromatic nitrogens is 2. The minimum atomic E-state index is -1.08. The molecule has 1 heterocycles. The van der Waals surface area contributed by atoms with Crippen LogP contribution in [0.1, 0.15) is 19.7 Å². The van der Waals surface area contributed by atoms with Crippen LogP contribution in [0, 0.1) is 17.0 Å². The van der Waals surface area contributed by atoms with Crippen molar-refractivity contribution in [2.45, 2.75) is 33.4 Å². The summed E-state index contributed by atoms with van der Waals surface area (Å²) in [5.74, 6) is -0.831. The summed E-state index contributed by atoms with van der Waals surface area (Å²) in [4.78, 5) is 24.7. The third kappa shape index (κ3) is 2.52. The lowest BCUT2D eigenvalue weighted by atomic mass is 10.3. The molecular formula is C9H14N4O4. The summed E-state index contributed by atoms with van der Waals surface area (Å²) < 4.78 is 1.57. The van der Waals surface area contributed by atoms with Crippen molar-refractivity contribution in [1.82, 2.24) is 9.55 Å². The molecule has 8 heteroatoms. The molecule has 0 saturated heterocycles. The molecule has 0 saturated carbocycles. The van der Waals surface area contributed by atoms with Crippen molar-refractivity contribution in [1.29, 1.82) is 0 Å². The number of nitro groups is 1. The molecule has 2 N–H and O–H groups in total. The standard InChI is InChI=1S/C9H14N4O4/c1-4-12-6(3)11-8(13(16)17)7(12)10-5(2)9(14)15/h5,10H,4H2,1-3H3,(H,14,15)/t5-/m0/s1. The first-order chi connectivity index (χ1) is 7.88. The van der Waals surface area contributed by atoms with Crippen LogP contribution in [0.5, 0.6) is 0 Å². The minimum absolute atomic E-state index is 0.130.